The molecule has 0 unspecified atom stereocenters. The summed E-state index contributed by atoms with van der Waals surface area (Å²) in [7, 11) is 0. The van der Waals surface area contributed by atoms with Crippen LogP contribution in [0.3, 0.4) is 0 Å². The highest BCUT2D eigenvalue weighted by molar-refractivity contribution is 8.00. The van der Waals surface area contributed by atoms with Crippen LogP contribution in [-0.4, -0.2) is 21.6 Å². The molecule has 0 spiro atoms. The van der Waals surface area contributed by atoms with Crippen molar-refractivity contribution >= 4 is 34.3 Å². The fraction of sp³-hybridized carbons (Fsp3) is 0.211. The molecule has 3 rings (SSSR count). The number of carbonyl (C=O) groups is 1. The largest absolute Gasteiger partial charge is 0.325 e. The summed E-state index contributed by atoms with van der Waals surface area (Å²) in [4.78, 5) is 20.7. The highest BCUT2D eigenvalue weighted by Gasteiger charge is 2.08. The van der Waals surface area contributed by atoms with Crippen molar-refractivity contribution in [1.82, 2.24) is 9.97 Å². The Hall–Kier alpha value is -2.40. The maximum absolute atomic E-state index is 12.2. The van der Waals surface area contributed by atoms with Gasteiger partial charge in [-0.2, -0.15) is 0 Å². The minimum absolute atomic E-state index is 0.0417. The highest BCUT2D eigenvalue weighted by Crippen LogP contribution is 2.24. The summed E-state index contributed by atoms with van der Waals surface area (Å²) in [5.41, 5.74) is 2.96. The first-order chi connectivity index (χ1) is 11.6. The molecule has 1 N–H and O–H groups in total. The van der Waals surface area contributed by atoms with E-state index in [0.717, 1.165) is 21.6 Å². The van der Waals surface area contributed by atoms with Crippen molar-refractivity contribution in [2.75, 3.05) is 11.1 Å². The van der Waals surface area contributed by atoms with E-state index in [0.29, 0.717) is 11.7 Å². The Labute approximate surface area is 145 Å². The third kappa shape index (κ3) is 3.92. The minimum atomic E-state index is -0.0417. The Bertz CT molecular complexity index is 841. The lowest BCUT2D eigenvalue weighted by atomic mass is 10.0. The van der Waals surface area contributed by atoms with Crippen molar-refractivity contribution in [2.45, 2.75) is 24.8 Å². The van der Waals surface area contributed by atoms with E-state index >= 15 is 0 Å². The van der Waals surface area contributed by atoms with Crippen molar-refractivity contribution in [2.24, 2.45) is 0 Å². The van der Waals surface area contributed by atoms with Crippen molar-refractivity contribution in [1.29, 1.82) is 0 Å². The molecular weight excluding hydrogens is 318 g/mol. The zero-order valence-corrected chi connectivity index (χ0v) is 14.5. The second kappa shape index (κ2) is 7.45. The smallest absolute Gasteiger partial charge is 0.234 e. The number of nitrogens with one attached hydrogen (secondary N) is 1. The maximum atomic E-state index is 12.2. The van der Waals surface area contributed by atoms with Crippen LogP contribution < -0.4 is 5.32 Å². The molecule has 0 atom stereocenters. The third-order valence-electron chi connectivity index (χ3n) is 3.71. The van der Waals surface area contributed by atoms with Crippen LogP contribution in [0.1, 0.15) is 25.3 Å². The zero-order chi connectivity index (χ0) is 16.9. The number of carbonyl (C=O) groups excluding carboxylic acids is 1. The topological polar surface area (TPSA) is 54.9 Å². The van der Waals surface area contributed by atoms with Crippen molar-refractivity contribution in [3.8, 4) is 0 Å². The lowest BCUT2D eigenvalue weighted by Gasteiger charge is -2.08. The molecule has 0 aliphatic carbocycles. The lowest BCUT2D eigenvalue weighted by molar-refractivity contribution is -0.113. The molecule has 1 amide bonds. The molecule has 1 heterocycles. The fourth-order valence-electron chi connectivity index (χ4n) is 2.38. The molecule has 2 aromatic carbocycles. The highest BCUT2D eigenvalue weighted by atomic mass is 32.2. The van der Waals surface area contributed by atoms with Crippen LogP contribution in [0.2, 0.25) is 0 Å². The molecule has 122 valence electrons. The predicted molar refractivity (Wildman–Crippen MR) is 99.4 cm³/mol. The van der Waals surface area contributed by atoms with Crippen LogP contribution in [-0.2, 0) is 4.79 Å². The number of hydrogen-bond acceptors (Lipinski definition) is 4. The van der Waals surface area contributed by atoms with Gasteiger partial charge in [0.2, 0.25) is 5.91 Å². The van der Waals surface area contributed by atoms with E-state index < -0.39 is 0 Å². The average molecular weight is 337 g/mol. The van der Waals surface area contributed by atoms with Gasteiger partial charge in [-0.15, -0.1) is 0 Å². The summed E-state index contributed by atoms with van der Waals surface area (Å²) in [5.74, 6) is 0.753. The molecule has 0 bridgehead atoms. The molecule has 0 radical (unpaired) electrons. The van der Waals surface area contributed by atoms with E-state index in [4.69, 9.17) is 0 Å². The first-order valence-corrected chi connectivity index (χ1v) is 8.84. The Morgan fingerprint density at radius 3 is 2.58 bits per heavy atom. The molecule has 3 aromatic rings. The number of benzene rings is 2. The quantitative estimate of drug-likeness (QED) is 0.551. The molecule has 0 aliphatic rings. The second-order valence-electron chi connectivity index (χ2n) is 5.81. The van der Waals surface area contributed by atoms with Crippen LogP contribution >= 0.6 is 11.8 Å². The van der Waals surface area contributed by atoms with E-state index in [2.05, 4.69) is 29.1 Å². The number of anilines is 1. The molecule has 0 aliphatic heterocycles. The summed E-state index contributed by atoms with van der Waals surface area (Å²) < 4.78 is 0. The van der Waals surface area contributed by atoms with Crippen molar-refractivity contribution in [3.05, 3.63) is 60.4 Å². The Morgan fingerprint density at radius 2 is 1.83 bits per heavy atom. The molecule has 4 nitrogen and oxygen atoms in total. The number of hydrogen-bond donors (Lipinski definition) is 1. The van der Waals surface area contributed by atoms with Crippen LogP contribution in [0, 0.1) is 0 Å². The van der Waals surface area contributed by atoms with E-state index in [1.165, 1.54) is 23.7 Å². The third-order valence-corrected chi connectivity index (χ3v) is 4.71. The predicted octanol–water partition coefficient (Wildman–Crippen LogP) is 4.48. The lowest BCUT2D eigenvalue weighted by Crippen LogP contribution is -2.14. The molecule has 1 aromatic heterocycles. The van der Waals surface area contributed by atoms with Gasteiger partial charge in [-0.25, -0.2) is 9.97 Å². The van der Waals surface area contributed by atoms with Crippen LogP contribution in [0.15, 0.2) is 59.9 Å². The number of para-hydroxylation sites is 1. The normalized spacial score (nSPS) is 11.0. The van der Waals surface area contributed by atoms with Gasteiger partial charge in [-0.05, 0) is 29.7 Å². The molecule has 0 saturated heterocycles. The first kappa shape index (κ1) is 16.5. The summed E-state index contributed by atoms with van der Waals surface area (Å²) in [6.45, 7) is 4.30. The molecule has 0 saturated carbocycles. The Kier molecular flexibility index (Phi) is 5.11. The van der Waals surface area contributed by atoms with E-state index in [1.807, 2.05) is 48.5 Å². The number of rotatable bonds is 5. The molecule has 0 fully saturated rings. The average Bonchev–Trinajstić information content (AvgIpc) is 2.60. The van der Waals surface area contributed by atoms with Gasteiger partial charge in [-0.1, -0.05) is 55.9 Å². The van der Waals surface area contributed by atoms with Gasteiger partial charge in [-0.3, -0.25) is 4.79 Å². The molecule has 24 heavy (non-hydrogen) atoms. The first-order valence-electron chi connectivity index (χ1n) is 7.86. The number of fused-ring (bicyclic) bond motifs is 1. The molecular formula is C19H19N3OS. The van der Waals surface area contributed by atoms with Crippen LogP contribution in [0.5, 0.6) is 0 Å². The zero-order valence-electron chi connectivity index (χ0n) is 13.7. The SMILES string of the molecule is CC(C)c1ccc(NC(=O)CSc2ncnc3ccccc23)cc1. The second-order valence-corrected chi connectivity index (χ2v) is 6.77. The minimum Gasteiger partial charge on any atom is -0.325 e. The number of nitrogens with zero attached hydrogens (tertiary/aromatic N) is 2. The van der Waals surface area contributed by atoms with Gasteiger partial charge in [0.15, 0.2) is 0 Å². The van der Waals surface area contributed by atoms with Crippen molar-refractivity contribution in [3.63, 3.8) is 0 Å². The summed E-state index contributed by atoms with van der Waals surface area (Å²) in [6, 6.07) is 15.8. The Balaban J connectivity index is 1.63. The van der Waals surface area contributed by atoms with Gasteiger partial charge >= 0.3 is 0 Å². The monoisotopic (exact) mass is 337 g/mol. The van der Waals surface area contributed by atoms with E-state index in [1.54, 1.807) is 0 Å². The fourth-order valence-corrected chi connectivity index (χ4v) is 3.17. The van der Waals surface area contributed by atoms with Gasteiger partial charge in [0.25, 0.3) is 0 Å². The standard InChI is InChI=1S/C19H19N3OS/c1-13(2)14-7-9-15(10-8-14)22-18(23)11-24-19-16-5-3-4-6-17(16)20-12-21-19/h3-10,12-13H,11H2,1-2H3,(H,22,23). The number of aromatic nitrogens is 2. The van der Waals surface area contributed by atoms with E-state index in [-0.39, 0.29) is 5.91 Å². The summed E-state index contributed by atoms with van der Waals surface area (Å²) in [6.07, 6.45) is 1.53. The number of amides is 1. The van der Waals surface area contributed by atoms with E-state index in [9.17, 15) is 4.79 Å². The van der Waals surface area contributed by atoms with Crippen LogP contribution in [0.25, 0.3) is 10.9 Å². The molecule has 5 heteroatoms. The van der Waals surface area contributed by atoms with Crippen LogP contribution in [0.4, 0.5) is 5.69 Å². The number of thioether (sulfide) groups is 1. The summed E-state index contributed by atoms with van der Waals surface area (Å²) >= 11 is 1.42. The van der Waals surface area contributed by atoms with Gasteiger partial charge < -0.3 is 5.32 Å². The van der Waals surface area contributed by atoms with Gasteiger partial charge in [0.05, 0.1) is 11.3 Å². The van der Waals surface area contributed by atoms with Crippen molar-refractivity contribution < 1.29 is 4.79 Å². The van der Waals surface area contributed by atoms with Gasteiger partial charge in [0, 0.05) is 11.1 Å². The maximum Gasteiger partial charge on any atom is 0.234 e. The summed E-state index contributed by atoms with van der Waals surface area (Å²) in [5, 5.41) is 4.72. The Morgan fingerprint density at radius 1 is 1.08 bits per heavy atom. The van der Waals surface area contributed by atoms with Gasteiger partial charge in [0.1, 0.15) is 11.4 Å².